The molecule has 1 aliphatic heterocycles. The molecule has 1 saturated heterocycles. The maximum Gasteiger partial charge on any atom is 0.411 e. The first-order valence-corrected chi connectivity index (χ1v) is 7.34. The number of cyclic esters (lactones) is 1. The zero-order valence-corrected chi connectivity index (χ0v) is 10.9. The van der Waals surface area contributed by atoms with E-state index in [1.807, 2.05) is 0 Å². The van der Waals surface area contributed by atoms with Crippen LogP contribution in [0.4, 0.5) is 4.79 Å². The molecule has 0 radical (unpaired) electrons. The highest BCUT2D eigenvalue weighted by Gasteiger charge is 2.37. The molecule has 0 saturated carbocycles. The third kappa shape index (κ3) is 2.20. The van der Waals surface area contributed by atoms with Gasteiger partial charge in [0.15, 0.2) is 9.84 Å². The fourth-order valence-electron chi connectivity index (χ4n) is 2.04. The standard InChI is InChI=1S/C12H15NO4S/c1-2-11(13-8-9-17-12(13)14)18(15,16)10-6-4-3-5-7-10/h3-7,11H,2,8-9H2,1H3. The van der Waals surface area contributed by atoms with Gasteiger partial charge in [-0.2, -0.15) is 0 Å². The van der Waals surface area contributed by atoms with Crippen molar-refractivity contribution >= 4 is 15.9 Å². The highest BCUT2D eigenvalue weighted by Crippen LogP contribution is 2.23. The highest BCUT2D eigenvalue weighted by atomic mass is 32.2. The van der Waals surface area contributed by atoms with Gasteiger partial charge in [0, 0.05) is 0 Å². The minimum atomic E-state index is -3.54. The van der Waals surface area contributed by atoms with Gasteiger partial charge < -0.3 is 4.74 Å². The summed E-state index contributed by atoms with van der Waals surface area (Å²) in [4.78, 5) is 13.0. The number of benzene rings is 1. The smallest absolute Gasteiger partial charge is 0.411 e. The molecule has 0 spiro atoms. The Labute approximate surface area is 106 Å². The Morgan fingerprint density at radius 2 is 2.00 bits per heavy atom. The Bertz CT molecular complexity index is 526. The van der Waals surface area contributed by atoms with Crippen molar-refractivity contribution in [1.82, 2.24) is 4.90 Å². The molecular formula is C12H15NO4S. The number of hydrogen-bond donors (Lipinski definition) is 0. The number of amides is 1. The molecule has 1 aromatic carbocycles. The predicted molar refractivity (Wildman–Crippen MR) is 65.8 cm³/mol. The van der Waals surface area contributed by atoms with Gasteiger partial charge in [0.1, 0.15) is 12.0 Å². The number of nitrogens with zero attached hydrogens (tertiary/aromatic N) is 1. The van der Waals surface area contributed by atoms with Gasteiger partial charge in [-0.15, -0.1) is 0 Å². The number of carbonyl (C=O) groups excluding carboxylic acids is 1. The maximum atomic E-state index is 12.4. The second-order valence-corrected chi connectivity index (χ2v) is 6.13. The van der Waals surface area contributed by atoms with Crippen LogP contribution in [0.1, 0.15) is 13.3 Å². The van der Waals surface area contributed by atoms with Gasteiger partial charge in [-0.3, -0.25) is 4.90 Å². The first-order valence-electron chi connectivity index (χ1n) is 5.79. The Hall–Kier alpha value is -1.56. The lowest BCUT2D eigenvalue weighted by atomic mass is 10.4. The third-order valence-electron chi connectivity index (χ3n) is 2.92. The molecular weight excluding hydrogens is 254 g/mol. The van der Waals surface area contributed by atoms with E-state index in [4.69, 9.17) is 4.74 Å². The summed E-state index contributed by atoms with van der Waals surface area (Å²) in [6, 6.07) is 8.17. The van der Waals surface area contributed by atoms with Gasteiger partial charge in [0.25, 0.3) is 0 Å². The van der Waals surface area contributed by atoms with E-state index in [2.05, 4.69) is 0 Å². The van der Waals surface area contributed by atoms with Gasteiger partial charge in [-0.25, -0.2) is 13.2 Å². The molecule has 1 heterocycles. The van der Waals surface area contributed by atoms with Crippen LogP contribution in [-0.4, -0.2) is 37.9 Å². The summed E-state index contributed by atoms with van der Waals surface area (Å²) < 4.78 is 29.7. The maximum absolute atomic E-state index is 12.4. The molecule has 0 aliphatic carbocycles. The summed E-state index contributed by atoms with van der Waals surface area (Å²) >= 11 is 0. The van der Waals surface area contributed by atoms with Crippen LogP contribution < -0.4 is 0 Å². The van der Waals surface area contributed by atoms with Crippen LogP contribution >= 0.6 is 0 Å². The lowest BCUT2D eigenvalue weighted by Crippen LogP contribution is -2.41. The second-order valence-electron chi connectivity index (χ2n) is 4.03. The van der Waals surface area contributed by atoms with Crippen molar-refractivity contribution in [3.05, 3.63) is 30.3 Å². The van der Waals surface area contributed by atoms with Gasteiger partial charge in [-0.05, 0) is 18.6 Å². The minimum Gasteiger partial charge on any atom is -0.447 e. The van der Waals surface area contributed by atoms with Gasteiger partial charge in [0.05, 0.1) is 11.4 Å². The van der Waals surface area contributed by atoms with Crippen LogP contribution in [0, 0.1) is 0 Å². The third-order valence-corrected chi connectivity index (χ3v) is 5.15. The zero-order chi connectivity index (χ0) is 13.2. The number of rotatable bonds is 4. The van der Waals surface area contributed by atoms with E-state index in [9.17, 15) is 13.2 Å². The quantitative estimate of drug-likeness (QED) is 0.833. The van der Waals surface area contributed by atoms with E-state index >= 15 is 0 Å². The van der Waals surface area contributed by atoms with E-state index in [0.717, 1.165) is 0 Å². The van der Waals surface area contributed by atoms with Gasteiger partial charge >= 0.3 is 6.09 Å². The molecule has 1 unspecified atom stereocenters. The lowest BCUT2D eigenvalue weighted by molar-refractivity contribution is 0.155. The summed E-state index contributed by atoms with van der Waals surface area (Å²) in [7, 11) is -3.54. The average Bonchev–Trinajstić information content (AvgIpc) is 2.78. The summed E-state index contributed by atoms with van der Waals surface area (Å²) in [6.07, 6.45) is -0.215. The molecule has 18 heavy (non-hydrogen) atoms. The van der Waals surface area contributed by atoms with Crippen LogP contribution in [-0.2, 0) is 14.6 Å². The molecule has 98 valence electrons. The SMILES string of the molecule is CCC(N1CCOC1=O)S(=O)(=O)c1ccccc1. The molecule has 1 aliphatic rings. The van der Waals surface area contributed by atoms with Gasteiger partial charge in [-0.1, -0.05) is 25.1 Å². The Morgan fingerprint density at radius 1 is 1.33 bits per heavy atom. The van der Waals surface area contributed by atoms with Crippen LogP contribution in [0.2, 0.25) is 0 Å². The fourth-order valence-corrected chi connectivity index (χ4v) is 3.86. The topological polar surface area (TPSA) is 63.7 Å². The van der Waals surface area contributed by atoms with Crippen molar-refractivity contribution in [2.45, 2.75) is 23.6 Å². The second kappa shape index (κ2) is 4.97. The number of sulfone groups is 1. The first kappa shape index (κ1) is 12.9. The first-order chi connectivity index (χ1) is 8.57. The van der Waals surface area contributed by atoms with Crippen LogP contribution in [0.5, 0.6) is 0 Å². The van der Waals surface area contributed by atoms with Crippen molar-refractivity contribution in [1.29, 1.82) is 0 Å². The largest absolute Gasteiger partial charge is 0.447 e. The normalized spacial score (nSPS) is 17.6. The minimum absolute atomic E-state index is 0.233. The zero-order valence-electron chi connectivity index (χ0n) is 10.1. The van der Waals surface area contributed by atoms with Crippen molar-refractivity contribution in [2.24, 2.45) is 0 Å². The van der Waals surface area contributed by atoms with E-state index in [1.54, 1.807) is 37.3 Å². The molecule has 6 heteroatoms. The molecule has 0 aromatic heterocycles. The number of ether oxygens (including phenoxy) is 1. The number of carbonyl (C=O) groups is 1. The molecule has 1 atom stereocenters. The van der Waals surface area contributed by atoms with Crippen LogP contribution in [0.3, 0.4) is 0 Å². The van der Waals surface area contributed by atoms with Crippen LogP contribution in [0.15, 0.2) is 35.2 Å². The summed E-state index contributed by atoms with van der Waals surface area (Å²) in [5.74, 6) is 0. The molecule has 1 amide bonds. The van der Waals surface area contributed by atoms with E-state index in [0.29, 0.717) is 13.0 Å². The van der Waals surface area contributed by atoms with Crippen LogP contribution in [0.25, 0.3) is 0 Å². The predicted octanol–water partition coefficient (Wildman–Crippen LogP) is 1.65. The molecule has 5 nitrogen and oxygen atoms in total. The summed E-state index contributed by atoms with van der Waals surface area (Å²) in [5.41, 5.74) is 0. The van der Waals surface area contributed by atoms with Crippen molar-refractivity contribution in [3.63, 3.8) is 0 Å². The fraction of sp³-hybridized carbons (Fsp3) is 0.417. The Kier molecular flexibility index (Phi) is 3.56. The number of hydrogen-bond acceptors (Lipinski definition) is 4. The van der Waals surface area contributed by atoms with E-state index in [-0.39, 0.29) is 11.5 Å². The van der Waals surface area contributed by atoms with Crippen molar-refractivity contribution in [2.75, 3.05) is 13.2 Å². The Morgan fingerprint density at radius 3 is 2.50 bits per heavy atom. The monoisotopic (exact) mass is 269 g/mol. The summed E-state index contributed by atoms with van der Waals surface area (Å²) in [5, 5.41) is -0.852. The van der Waals surface area contributed by atoms with Gasteiger partial charge in [0.2, 0.25) is 0 Å². The molecule has 1 aromatic rings. The molecule has 2 rings (SSSR count). The molecule has 0 N–H and O–H groups in total. The lowest BCUT2D eigenvalue weighted by Gasteiger charge is -2.24. The van der Waals surface area contributed by atoms with Crippen molar-refractivity contribution < 1.29 is 17.9 Å². The highest BCUT2D eigenvalue weighted by molar-refractivity contribution is 7.92. The van der Waals surface area contributed by atoms with Crippen molar-refractivity contribution in [3.8, 4) is 0 Å². The van der Waals surface area contributed by atoms with E-state index < -0.39 is 21.3 Å². The average molecular weight is 269 g/mol. The summed E-state index contributed by atoms with van der Waals surface area (Å²) in [6.45, 7) is 2.32. The molecule has 0 bridgehead atoms. The van der Waals surface area contributed by atoms with E-state index in [1.165, 1.54) is 4.90 Å². The molecule has 1 fully saturated rings. The Balaban J connectivity index is 2.35.